The summed E-state index contributed by atoms with van der Waals surface area (Å²) in [5.41, 5.74) is 0.762. The molecule has 1 heterocycles. The van der Waals surface area contributed by atoms with Gasteiger partial charge in [-0.2, -0.15) is 0 Å². The molecule has 0 amide bonds. The quantitative estimate of drug-likeness (QED) is 0.839. The van der Waals surface area contributed by atoms with Crippen molar-refractivity contribution in [2.75, 3.05) is 0 Å². The Labute approximate surface area is 96.6 Å². The molecule has 2 rings (SSSR count). The van der Waals surface area contributed by atoms with Gasteiger partial charge in [0, 0.05) is 9.75 Å². The predicted octanol–water partition coefficient (Wildman–Crippen LogP) is 3.13. The van der Waals surface area contributed by atoms with Gasteiger partial charge in [-0.1, -0.05) is 6.07 Å². The number of thiophene rings is 1. The average Bonchev–Trinajstić information content (AvgIpc) is 2.64. The Kier molecular flexibility index (Phi) is 2.66. The normalized spacial score (nSPS) is 10.3. The molecule has 1 aromatic heterocycles. The SMILES string of the molecule is Cc1ccc(-c2ccc(C(=O)O)c(O)c2)s1. The molecule has 0 saturated carbocycles. The van der Waals surface area contributed by atoms with Gasteiger partial charge in [0.15, 0.2) is 0 Å². The van der Waals surface area contributed by atoms with Crippen LogP contribution in [0.4, 0.5) is 0 Å². The van der Waals surface area contributed by atoms with Crippen molar-refractivity contribution in [3.63, 3.8) is 0 Å². The van der Waals surface area contributed by atoms with Crippen LogP contribution in [0.25, 0.3) is 10.4 Å². The molecule has 1 aromatic carbocycles. The van der Waals surface area contributed by atoms with E-state index >= 15 is 0 Å². The first-order chi connectivity index (χ1) is 7.58. The van der Waals surface area contributed by atoms with Crippen molar-refractivity contribution >= 4 is 17.3 Å². The molecular weight excluding hydrogens is 224 g/mol. The van der Waals surface area contributed by atoms with E-state index in [1.807, 2.05) is 19.1 Å². The molecule has 0 aliphatic carbocycles. The van der Waals surface area contributed by atoms with E-state index in [-0.39, 0.29) is 11.3 Å². The first-order valence-electron chi connectivity index (χ1n) is 4.71. The zero-order valence-electron chi connectivity index (χ0n) is 8.60. The van der Waals surface area contributed by atoms with E-state index in [4.69, 9.17) is 5.11 Å². The van der Waals surface area contributed by atoms with Crippen LogP contribution in [-0.2, 0) is 0 Å². The highest BCUT2D eigenvalue weighted by Crippen LogP contribution is 2.31. The van der Waals surface area contributed by atoms with Gasteiger partial charge in [-0.3, -0.25) is 0 Å². The lowest BCUT2D eigenvalue weighted by Crippen LogP contribution is -1.96. The summed E-state index contributed by atoms with van der Waals surface area (Å²) < 4.78 is 0. The summed E-state index contributed by atoms with van der Waals surface area (Å²) in [5.74, 6) is -1.32. The number of aryl methyl sites for hydroxylation is 1. The average molecular weight is 234 g/mol. The molecule has 2 N–H and O–H groups in total. The van der Waals surface area contributed by atoms with E-state index in [9.17, 15) is 9.90 Å². The summed E-state index contributed by atoms with van der Waals surface area (Å²) in [7, 11) is 0. The molecule has 0 unspecified atom stereocenters. The number of phenols is 1. The van der Waals surface area contributed by atoms with Crippen LogP contribution in [0.1, 0.15) is 15.2 Å². The van der Waals surface area contributed by atoms with Gasteiger partial charge >= 0.3 is 5.97 Å². The van der Waals surface area contributed by atoms with E-state index < -0.39 is 5.97 Å². The maximum Gasteiger partial charge on any atom is 0.339 e. The molecule has 4 heteroatoms. The minimum Gasteiger partial charge on any atom is -0.507 e. The molecule has 0 radical (unpaired) electrons. The Hall–Kier alpha value is -1.81. The standard InChI is InChI=1S/C12H10O3S/c1-7-2-5-11(16-7)8-3-4-9(12(14)15)10(13)6-8/h2-6,13H,1H3,(H,14,15). The predicted molar refractivity (Wildman–Crippen MR) is 63.1 cm³/mol. The molecule has 0 saturated heterocycles. The second kappa shape index (κ2) is 3.98. The van der Waals surface area contributed by atoms with E-state index in [0.29, 0.717) is 0 Å². The minimum absolute atomic E-state index is 0.0722. The summed E-state index contributed by atoms with van der Waals surface area (Å²) >= 11 is 1.61. The highest BCUT2D eigenvalue weighted by atomic mass is 32.1. The van der Waals surface area contributed by atoms with Crippen LogP contribution in [0, 0.1) is 6.92 Å². The third-order valence-electron chi connectivity index (χ3n) is 2.25. The van der Waals surface area contributed by atoms with E-state index in [1.165, 1.54) is 17.0 Å². The largest absolute Gasteiger partial charge is 0.507 e. The highest BCUT2D eigenvalue weighted by Gasteiger charge is 2.10. The Bertz CT molecular complexity index is 543. The molecule has 0 bridgehead atoms. The lowest BCUT2D eigenvalue weighted by atomic mass is 10.1. The van der Waals surface area contributed by atoms with Crippen LogP contribution in [0.3, 0.4) is 0 Å². The van der Waals surface area contributed by atoms with Crippen molar-refractivity contribution in [3.8, 4) is 16.2 Å². The van der Waals surface area contributed by atoms with Crippen LogP contribution < -0.4 is 0 Å². The molecule has 16 heavy (non-hydrogen) atoms. The van der Waals surface area contributed by atoms with Gasteiger partial charge in [0.05, 0.1) is 0 Å². The van der Waals surface area contributed by atoms with Crippen LogP contribution in [0.5, 0.6) is 5.75 Å². The second-order valence-corrected chi connectivity index (χ2v) is 4.74. The first kappa shape index (κ1) is 10.7. The Morgan fingerprint density at radius 3 is 2.50 bits per heavy atom. The number of rotatable bonds is 2. The fourth-order valence-corrected chi connectivity index (χ4v) is 2.32. The van der Waals surface area contributed by atoms with Gasteiger partial charge in [0.2, 0.25) is 0 Å². The summed E-state index contributed by atoms with van der Waals surface area (Å²) in [6.07, 6.45) is 0. The number of hydrogen-bond donors (Lipinski definition) is 2. The third kappa shape index (κ3) is 1.92. The van der Waals surface area contributed by atoms with Gasteiger partial charge in [0.1, 0.15) is 11.3 Å². The number of hydrogen-bond acceptors (Lipinski definition) is 3. The summed E-state index contributed by atoms with van der Waals surface area (Å²) in [5, 5.41) is 18.3. The zero-order chi connectivity index (χ0) is 11.7. The third-order valence-corrected chi connectivity index (χ3v) is 3.30. The van der Waals surface area contributed by atoms with Crippen molar-refractivity contribution in [3.05, 3.63) is 40.8 Å². The van der Waals surface area contributed by atoms with Crippen molar-refractivity contribution in [1.82, 2.24) is 0 Å². The Balaban J connectivity index is 2.45. The number of aromatic hydroxyl groups is 1. The van der Waals surface area contributed by atoms with E-state index in [2.05, 4.69) is 0 Å². The van der Waals surface area contributed by atoms with Crippen molar-refractivity contribution < 1.29 is 15.0 Å². The fraction of sp³-hybridized carbons (Fsp3) is 0.0833. The second-order valence-electron chi connectivity index (χ2n) is 3.45. The lowest BCUT2D eigenvalue weighted by molar-refractivity contribution is 0.0694. The number of carboxylic acids is 1. The molecule has 0 fully saturated rings. The topological polar surface area (TPSA) is 57.5 Å². The maximum atomic E-state index is 10.7. The molecule has 0 aliphatic rings. The number of aromatic carboxylic acids is 1. The first-order valence-corrected chi connectivity index (χ1v) is 5.52. The molecule has 82 valence electrons. The molecule has 0 atom stereocenters. The van der Waals surface area contributed by atoms with Gasteiger partial charge < -0.3 is 10.2 Å². The van der Waals surface area contributed by atoms with Crippen molar-refractivity contribution in [2.45, 2.75) is 6.92 Å². The molecule has 2 aromatic rings. The van der Waals surface area contributed by atoms with Crippen molar-refractivity contribution in [2.24, 2.45) is 0 Å². The lowest BCUT2D eigenvalue weighted by Gasteiger charge is -2.02. The van der Waals surface area contributed by atoms with Crippen LogP contribution in [-0.4, -0.2) is 16.2 Å². The Morgan fingerprint density at radius 1 is 1.25 bits per heavy atom. The van der Waals surface area contributed by atoms with Crippen LogP contribution in [0.2, 0.25) is 0 Å². The molecule has 0 aliphatic heterocycles. The summed E-state index contributed by atoms with van der Waals surface area (Å²) in [6, 6.07) is 8.54. The summed E-state index contributed by atoms with van der Waals surface area (Å²) in [4.78, 5) is 12.9. The molecular formula is C12H10O3S. The van der Waals surface area contributed by atoms with Crippen molar-refractivity contribution in [1.29, 1.82) is 0 Å². The molecule has 3 nitrogen and oxygen atoms in total. The van der Waals surface area contributed by atoms with E-state index in [0.717, 1.165) is 10.4 Å². The summed E-state index contributed by atoms with van der Waals surface area (Å²) in [6.45, 7) is 2.00. The monoisotopic (exact) mass is 234 g/mol. The molecule has 0 spiro atoms. The maximum absolute atomic E-state index is 10.7. The smallest absolute Gasteiger partial charge is 0.339 e. The van der Waals surface area contributed by atoms with Gasteiger partial charge in [-0.25, -0.2) is 4.79 Å². The van der Waals surface area contributed by atoms with Gasteiger partial charge in [-0.15, -0.1) is 11.3 Å². The number of carboxylic acid groups (broad SMARTS) is 1. The van der Waals surface area contributed by atoms with Crippen LogP contribution >= 0.6 is 11.3 Å². The van der Waals surface area contributed by atoms with Crippen LogP contribution in [0.15, 0.2) is 30.3 Å². The zero-order valence-corrected chi connectivity index (χ0v) is 9.41. The van der Waals surface area contributed by atoms with E-state index in [1.54, 1.807) is 17.4 Å². The number of benzene rings is 1. The number of carbonyl (C=O) groups is 1. The minimum atomic E-state index is -1.12. The highest BCUT2D eigenvalue weighted by molar-refractivity contribution is 7.15. The van der Waals surface area contributed by atoms with Gasteiger partial charge in [0.25, 0.3) is 0 Å². The fourth-order valence-electron chi connectivity index (χ4n) is 1.46. The van der Waals surface area contributed by atoms with Gasteiger partial charge in [-0.05, 0) is 36.8 Å². The Morgan fingerprint density at radius 2 is 2.00 bits per heavy atom.